The molecule has 0 fully saturated rings. The van der Waals surface area contributed by atoms with Crippen LogP contribution in [0.5, 0.6) is 5.75 Å². The van der Waals surface area contributed by atoms with Gasteiger partial charge in [0, 0.05) is 18.8 Å². The summed E-state index contributed by atoms with van der Waals surface area (Å²) >= 11 is 3.51. The molecule has 2 N–H and O–H groups in total. The summed E-state index contributed by atoms with van der Waals surface area (Å²) in [4.78, 5) is 2.26. The minimum Gasteiger partial charge on any atom is -0.496 e. The molecule has 0 radical (unpaired) electrons. The molecule has 2 aromatic rings. The zero-order valence-electron chi connectivity index (χ0n) is 11.8. The second-order valence-corrected chi connectivity index (χ2v) is 5.74. The fourth-order valence-electron chi connectivity index (χ4n) is 2.11. The summed E-state index contributed by atoms with van der Waals surface area (Å²) in [6.07, 6.45) is 0. The number of methoxy groups -OCH3 is 1. The van der Waals surface area contributed by atoms with Crippen molar-refractivity contribution in [1.29, 1.82) is 0 Å². The van der Waals surface area contributed by atoms with Gasteiger partial charge in [-0.15, -0.1) is 0 Å². The highest BCUT2D eigenvalue weighted by Gasteiger charge is 2.05. The highest BCUT2D eigenvalue weighted by Crippen LogP contribution is 2.26. The lowest BCUT2D eigenvalue weighted by molar-refractivity contribution is 0.319. The Kier molecular flexibility index (Phi) is 5.04. The molecule has 3 nitrogen and oxygen atoms in total. The molecular weight excluding hydrogens is 316 g/mol. The van der Waals surface area contributed by atoms with Crippen LogP contribution in [0.3, 0.4) is 0 Å². The van der Waals surface area contributed by atoms with Gasteiger partial charge >= 0.3 is 0 Å². The van der Waals surface area contributed by atoms with Crippen LogP contribution in [-0.4, -0.2) is 19.1 Å². The molecule has 106 valence electrons. The standard InChI is InChI=1S/C16H19BrN2O/c1-19(10-12-3-6-14(18)7-4-12)11-13-5-8-16(20-2)15(17)9-13/h3-9H,10-11,18H2,1-2H3. The minimum absolute atomic E-state index is 0.801. The maximum atomic E-state index is 5.69. The largest absolute Gasteiger partial charge is 0.496 e. The van der Waals surface area contributed by atoms with Gasteiger partial charge in [-0.25, -0.2) is 0 Å². The molecule has 0 heterocycles. The monoisotopic (exact) mass is 334 g/mol. The molecule has 0 aliphatic carbocycles. The lowest BCUT2D eigenvalue weighted by Gasteiger charge is -2.17. The van der Waals surface area contributed by atoms with Crippen LogP contribution in [0.25, 0.3) is 0 Å². The zero-order valence-corrected chi connectivity index (χ0v) is 13.4. The van der Waals surface area contributed by atoms with Gasteiger partial charge < -0.3 is 10.5 Å². The molecule has 2 rings (SSSR count). The molecule has 0 bridgehead atoms. The highest BCUT2D eigenvalue weighted by molar-refractivity contribution is 9.10. The zero-order chi connectivity index (χ0) is 14.5. The van der Waals surface area contributed by atoms with Crippen molar-refractivity contribution in [3.05, 3.63) is 58.1 Å². The summed E-state index contributed by atoms with van der Waals surface area (Å²) in [5, 5.41) is 0. The number of benzene rings is 2. The van der Waals surface area contributed by atoms with Gasteiger partial charge in [0.15, 0.2) is 0 Å². The van der Waals surface area contributed by atoms with Gasteiger partial charge in [0.1, 0.15) is 5.75 Å². The molecule has 0 saturated carbocycles. The molecule has 2 aromatic carbocycles. The van der Waals surface area contributed by atoms with Gasteiger partial charge in [0.2, 0.25) is 0 Å². The number of hydrogen-bond acceptors (Lipinski definition) is 3. The van der Waals surface area contributed by atoms with Gasteiger partial charge in [0.05, 0.1) is 11.6 Å². The first-order chi connectivity index (χ1) is 9.58. The van der Waals surface area contributed by atoms with Crippen LogP contribution in [0.1, 0.15) is 11.1 Å². The summed E-state index contributed by atoms with van der Waals surface area (Å²) in [5.41, 5.74) is 9.00. The van der Waals surface area contributed by atoms with Gasteiger partial charge in [-0.05, 0) is 58.4 Å². The third-order valence-corrected chi connectivity index (χ3v) is 3.72. The Labute approximate surface area is 128 Å². The van der Waals surface area contributed by atoms with E-state index in [1.807, 2.05) is 18.2 Å². The van der Waals surface area contributed by atoms with Gasteiger partial charge in [0.25, 0.3) is 0 Å². The molecule has 0 unspecified atom stereocenters. The van der Waals surface area contributed by atoms with Crippen molar-refractivity contribution >= 4 is 21.6 Å². The summed E-state index contributed by atoms with van der Waals surface area (Å²) in [6, 6.07) is 14.2. The van der Waals surface area contributed by atoms with E-state index in [-0.39, 0.29) is 0 Å². The van der Waals surface area contributed by atoms with E-state index >= 15 is 0 Å². The SMILES string of the molecule is COc1ccc(CN(C)Cc2ccc(N)cc2)cc1Br. The van der Waals surface area contributed by atoms with E-state index in [1.54, 1.807) is 7.11 Å². The van der Waals surface area contributed by atoms with Crippen LogP contribution in [0, 0.1) is 0 Å². The molecule has 20 heavy (non-hydrogen) atoms. The quantitative estimate of drug-likeness (QED) is 0.848. The van der Waals surface area contributed by atoms with Crippen molar-refractivity contribution in [3.63, 3.8) is 0 Å². The number of nitrogen functional groups attached to an aromatic ring is 1. The predicted molar refractivity (Wildman–Crippen MR) is 86.7 cm³/mol. The number of nitrogens with two attached hydrogens (primary N) is 1. The van der Waals surface area contributed by atoms with E-state index in [0.29, 0.717) is 0 Å². The van der Waals surface area contributed by atoms with E-state index in [0.717, 1.165) is 29.0 Å². The van der Waals surface area contributed by atoms with Crippen molar-refractivity contribution in [2.24, 2.45) is 0 Å². The Balaban J connectivity index is 1.99. The number of anilines is 1. The van der Waals surface area contributed by atoms with E-state index in [4.69, 9.17) is 10.5 Å². The van der Waals surface area contributed by atoms with Gasteiger partial charge in [-0.3, -0.25) is 4.90 Å². The molecule has 0 aliphatic rings. The lowest BCUT2D eigenvalue weighted by atomic mass is 10.1. The first kappa shape index (κ1) is 14.9. The maximum Gasteiger partial charge on any atom is 0.133 e. The van der Waals surface area contributed by atoms with Gasteiger partial charge in [-0.2, -0.15) is 0 Å². The van der Waals surface area contributed by atoms with Gasteiger partial charge in [-0.1, -0.05) is 18.2 Å². The first-order valence-electron chi connectivity index (χ1n) is 6.44. The Hall–Kier alpha value is -1.52. The summed E-state index contributed by atoms with van der Waals surface area (Å²) in [6.45, 7) is 1.77. The van der Waals surface area contributed by atoms with Crippen molar-refractivity contribution in [3.8, 4) is 5.75 Å². The number of ether oxygens (including phenoxy) is 1. The fraction of sp³-hybridized carbons (Fsp3) is 0.250. The van der Waals surface area contributed by atoms with Crippen molar-refractivity contribution < 1.29 is 4.74 Å². The smallest absolute Gasteiger partial charge is 0.133 e. The van der Waals surface area contributed by atoms with E-state index in [1.165, 1.54) is 11.1 Å². The third-order valence-electron chi connectivity index (χ3n) is 3.10. The Morgan fingerprint density at radius 3 is 2.25 bits per heavy atom. The van der Waals surface area contributed by atoms with Crippen molar-refractivity contribution in [2.75, 3.05) is 19.9 Å². The molecule has 0 aromatic heterocycles. The number of halogens is 1. The second-order valence-electron chi connectivity index (χ2n) is 4.88. The predicted octanol–water partition coefficient (Wildman–Crippen LogP) is 3.67. The molecule has 0 saturated heterocycles. The lowest BCUT2D eigenvalue weighted by Crippen LogP contribution is -2.17. The maximum absolute atomic E-state index is 5.69. The fourth-order valence-corrected chi connectivity index (χ4v) is 2.70. The average molecular weight is 335 g/mol. The average Bonchev–Trinajstić information content (AvgIpc) is 2.41. The molecular formula is C16H19BrN2O. The second kappa shape index (κ2) is 6.77. The normalized spacial score (nSPS) is 10.8. The molecule has 0 amide bonds. The van der Waals surface area contributed by atoms with E-state index in [9.17, 15) is 0 Å². The Bertz CT molecular complexity index is 569. The minimum atomic E-state index is 0.801. The number of nitrogens with zero attached hydrogens (tertiary/aromatic N) is 1. The molecule has 0 aliphatic heterocycles. The highest BCUT2D eigenvalue weighted by atomic mass is 79.9. The molecule has 0 spiro atoms. The van der Waals surface area contributed by atoms with Crippen molar-refractivity contribution in [2.45, 2.75) is 13.1 Å². The molecule has 0 atom stereocenters. The first-order valence-corrected chi connectivity index (χ1v) is 7.23. The van der Waals surface area contributed by atoms with Crippen LogP contribution in [0.2, 0.25) is 0 Å². The van der Waals surface area contributed by atoms with Crippen molar-refractivity contribution in [1.82, 2.24) is 4.90 Å². The van der Waals surface area contributed by atoms with Crippen LogP contribution in [0.15, 0.2) is 46.9 Å². The van der Waals surface area contributed by atoms with Crippen LogP contribution in [-0.2, 0) is 13.1 Å². The van der Waals surface area contributed by atoms with E-state index in [2.05, 4.69) is 52.1 Å². The van der Waals surface area contributed by atoms with Crippen LogP contribution < -0.4 is 10.5 Å². The van der Waals surface area contributed by atoms with Crippen LogP contribution >= 0.6 is 15.9 Å². The Morgan fingerprint density at radius 2 is 1.65 bits per heavy atom. The third kappa shape index (κ3) is 3.99. The van der Waals surface area contributed by atoms with E-state index < -0.39 is 0 Å². The van der Waals surface area contributed by atoms with Crippen LogP contribution in [0.4, 0.5) is 5.69 Å². The summed E-state index contributed by atoms with van der Waals surface area (Å²) in [5.74, 6) is 0.856. The topological polar surface area (TPSA) is 38.5 Å². The Morgan fingerprint density at radius 1 is 1.05 bits per heavy atom. The number of hydrogen-bond donors (Lipinski definition) is 1. The summed E-state index contributed by atoms with van der Waals surface area (Å²) in [7, 11) is 3.78. The molecule has 4 heteroatoms. The summed E-state index contributed by atoms with van der Waals surface area (Å²) < 4.78 is 6.22. The number of rotatable bonds is 5.